The first kappa shape index (κ1) is 30.9. The van der Waals surface area contributed by atoms with E-state index < -0.39 is 24.3 Å². The SMILES string of the molecule is C=CC(C(O)c1ccccc1[N+](=O)[O-])[n+]1c(-c2ccccc2)cc(-c2ccccc2)cc1-c1ccccc1.F[B-](F)(F)F. The van der Waals surface area contributed by atoms with Crippen LogP contribution in [0.1, 0.15) is 17.7 Å². The number of hydrogen-bond acceptors (Lipinski definition) is 3. The Bertz CT molecular complexity index is 1620. The van der Waals surface area contributed by atoms with Crippen LogP contribution in [-0.4, -0.2) is 17.3 Å². The van der Waals surface area contributed by atoms with Crippen LogP contribution in [0, 0.1) is 10.1 Å². The molecule has 0 fully saturated rings. The second-order valence-corrected chi connectivity index (χ2v) is 9.46. The predicted molar refractivity (Wildman–Crippen MR) is 160 cm³/mol. The highest BCUT2D eigenvalue weighted by molar-refractivity contribution is 6.50. The average Bonchev–Trinajstić information content (AvgIpc) is 3.01. The molecule has 2 unspecified atom stereocenters. The summed E-state index contributed by atoms with van der Waals surface area (Å²) in [7, 11) is -6.00. The lowest BCUT2D eigenvalue weighted by molar-refractivity contribution is -0.700. The maximum Gasteiger partial charge on any atom is 0.673 e. The van der Waals surface area contributed by atoms with Crippen LogP contribution in [0.5, 0.6) is 0 Å². The van der Waals surface area contributed by atoms with Crippen molar-refractivity contribution in [3.05, 3.63) is 156 Å². The van der Waals surface area contributed by atoms with E-state index in [1.54, 1.807) is 24.3 Å². The van der Waals surface area contributed by atoms with E-state index in [0.717, 1.165) is 33.6 Å². The van der Waals surface area contributed by atoms with E-state index in [1.807, 2.05) is 83.4 Å². The quantitative estimate of drug-likeness (QED) is 0.0494. The number of pyridine rings is 1. The number of benzene rings is 4. The summed E-state index contributed by atoms with van der Waals surface area (Å²) in [5, 5.41) is 23.5. The normalized spacial score (nSPS) is 12.4. The van der Waals surface area contributed by atoms with Crippen LogP contribution >= 0.6 is 0 Å². The number of nitrogens with zero attached hydrogens (tertiary/aromatic N) is 2. The van der Waals surface area contributed by atoms with Gasteiger partial charge in [0.05, 0.1) is 10.5 Å². The number of nitro groups is 1. The number of nitro benzene ring substituents is 1. The van der Waals surface area contributed by atoms with Crippen molar-refractivity contribution in [2.24, 2.45) is 0 Å². The maximum absolute atomic E-state index is 11.8. The predicted octanol–water partition coefficient (Wildman–Crippen LogP) is 8.64. The fourth-order valence-corrected chi connectivity index (χ4v) is 4.85. The molecule has 0 saturated carbocycles. The second-order valence-electron chi connectivity index (χ2n) is 9.46. The number of rotatable bonds is 8. The molecule has 0 bridgehead atoms. The molecule has 1 aromatic heterocycles. The first-order valence-corrected chi connectivity index (χ1v) is 13.3. The zero-order chi connectivity index (χ0) is 31.0. The molecule has 5 rings (SSSR count). The Morgan fingerprint density at radius 2 is 1.09 bits per heavy atom. The average molecular weight is 586 g/mol. The van der Waals surface area contributed by atoms with E-state index >= 15 is 0 Å². The van der Waals surface area contributed by atoms with Crippen molar-refractivity contribution in [2.75, 3.05) is 0 Å². The molecular formula is C33H27BF4N2O3. The standard InChI is InChI=1S/C33H27N2O3.BF4/c1-2-29(33(36)28-20-12-13-21-30(28)35(37)38)34-31(25-16-8-4-9-17-25)22-27(24-14-6-3-7-15-24)23-32(34)26-18-10-5-11-19-26;2-1(3,4)5/h2-23,29,33,36H,1H2;/q+1;-1. The minimum Gasteiger partial charge on any atom is -0.418 e. The lowest BCUT2D eigenvalue weighted by Gasteiger charge is -2.21. The molecule has 10 heteroatoms. The molecule has 4 aromatic carbocycles. The van der Waals surface area contributed by atoms with Gasteiger partial charge in [-0.1, -0.05) is 85.4 Å². The first-order valence-electron chi connectivity index (χ1n) is 13.3. The Balaban J connectivity index is 0.000000782. The van der Waals surface area contributed by atoms with Gasteiger partial charge in [0.1, 0.15) is 0 Å². The van der Waals surface area contributed by atoms with Crippen molar-refractivity contribution < 1.29 is 31.9 Å². The van der Waals surface area contributed by atoms with E-state index in [1.165, 1.54) is 6.07 Å². The highest BCUT2D eigenvalue weighted by Crippen LogP contribution is 2.36. The van der Waals surface area contributed by atoms with E-state index in [4.69, 9.17) is 0 Å². The minimum absolute atomic E-state index is 0.129. The van der Waals surface area contributed by atoms with Gasteiger partial charge in [0.15, 0.2) is 6.10 Å². The molecule has 43 heavy (non-hydrogen) atoms. The van der Waals surface area contributed by atoms with Crippen LogP contribution in [-0.2, 0) is 0 Å². The fraction of sp³-hybridized carbons (Fsp3) is 0.0606. The molecule has 2 atom stereocenters. The summed E-state index contributed by atoms with van der Waals surface area (Å²) in [4.78, 5) is 11.4. The number of aliphatic hydroxyl groups excluding tert-OH is 1. The number of aromatic nitrogens is 1. The van der Waals surface area contributed by atoms with Crippen molar-refractivity contribution in [3.8, 4) is 33.6 Å². The van der Waals surface area contributed by atoms with Gasteiger partial charge in [-0.05, 0) is 47.5 Å². The largest absolute Gasteiger partial charge is 0.673 e. The van der Waals surface area contributed by atoms with Crippen molar-refractivity contribution in [1.82, 2.24) is 0 Å². The zero-order valence-corrected chi connectivity index (χ0v) is 22.8. The highest BCUT2D eigenvalue weighted by atomic mass is 19.5. The molecule has 0 saturated heterocycles. The molecule has 5 nitrogen and oxygen atoms in total. The summed E-state index contributed by atoms with van der Waals surface area (Å²) >= 11 is 0. The lowest BCUT2D eigenvalue weighted by Crippen LogP contribution is -2.46. The molecule has 0 radical (unpaired) electrons. The topological polar surface area (TPSA) is 67.2 Å². The van der Waals surface area contributed by atoms with Gasteiger partial charge >= 0.3 is 7.25 Å². The monoisotopic (exact) mass is 586 g/mol. The highest BCUT2D eigenvalue weighted by Gasteiger charge is 2.36. The molecule has 0 aliphatic carbocycles. The fourth-order valence-electron chi connectivity index (χ4n) is 4.85. The van der Waals surface area contributed by atoms with Gasteiger partial charge in [0.25, 0.3) is 5.69 Å². The lowest BCUT2D eigenvalue weighted by atomic mass is 9.95. The zero-order valence-electron chi connectivity index (χ0n) is 22.8. The summed E-state index contributed by atoms with van der Waals surface area (Å²) < 4.78 is 41.0. The molecule has 0 amide bonds. The Hall–Kier alpha value is -5.09. The third kappa shape index (κ3) is 7.81. The van der Waals surface area contributed by atoms with Gasteiger partial charge in [-0.2, -0.15) is 4.57 Å². The van der Waals surface area contributed by atoms with Crippen LogP contribution < -0.4 is 4.57 Å². The Morgan fingerprint density at radius 3 is 1.51 bits per heavy atom. The third-order valence-corrected chi connectivity index (χ3v) is 6.66. The molecule has 0 aliphatic rings. The van der Waals surface area contributed by atoms with Gasteiger partial charge in [-0.15, -0.1) is 0 Å². The molecular weight excluding hydrogens is 559 g/mol. The van der Waals surface area contributed by atoms with Crippen molar-refractivity contribution >= 4 is 12.9 Å². The van der Waals surface area contributed by atoms with Crippen LogP contribution in [0.3, 0.4) is 0 Å². The summed E-state index contributed by atoms with van der Waals surface area (Å²) in [6, 6.07) is 39.8. The Kier molecular flexibility index (Phi) is 9.85. The van der Waals surface area contributed by atoms with Crippen LogP contribution in [0.25, 0.3) is 33.6 Å². The number of para-hydroxylation sites is 1. The van der Waals surface area contributed by atoms with E-state index in [2.05, 4.69) is 30.8 Å². The van der Waals surface area contributed by atoms with Crippen LogP contribution in [0.15, 0.2) is 140 Å². The molecule has 5 aromatic rings. The molecule has 1 heterocycles. The Labute approximate surface area is 246 Å². The van der Waals surface area contributed by atoms with Gasteiger partial charge in [0, 0.05) is 29.3 Å². The molecule has 218 valence electrons. The number of aliphatic hydroxyl groups is 1. The summed E-state index contributed by atoms with van der Waals surface area (Å²) in [5.74, 6) is 0. The van der Waals surface area contributed by atoms with E-state index in [9.17, 15) is 32.5 Å². The summed E-state index contributed by atoms with van der Waals surface area (Å²) in [5.41, 5.74) is 5.79. The number of halogens is 4. The van der Waals surface area contributed by atoms with Crippen molar-refractivity contribution in [1.29, 1.82) is 0 Å². The van der Waals surface area contributed by atoms with Crippen LogP contribution in [0.4, 0.5) is 23.0 Å². The first-order chi connectivity index (χ1) is 20.6. The van der Waals surface area contributed by atoms with Crippen molar-refractivity contribution in [3.63, 3.8) is 0 Å². The second kappa shape index (κ2) is 13.7. The summed E-state index contributed by atoms with van der Waals surface area (Å²) in [6.45, 7) is 4.06. The van der Waals surface area contributed by atoms with Gasteiger partial charge in [-0.3, -0.25) is 10.1 Å². The minimum atomic E-state index is -6.00. The van der Waals surface area contributed by atoms with Gasteiger partial charge < -0.3 is 22.4 Å². The summed E-state index contributed by atoms with van der Waals surface area (Å²) in [6.07, 6.45) is 0.439. The van der Waals surface area contributed by atoms with Crippen molar-refractivity contribution in [2.45, 2.75) is 12.1 Å². The van der Waals surface area contributed by atoms with Crippen LogP contribution in [0.2, 0.25) is 0 Å². The molecule has 1 N–H and O–H groups in total. The molecule has 0 aliphatic heterocycles. The smallest absolute Gasteiger partial charge is 0.418 e. The Morgan fingerprint density at radius 1 is 0.698 bits per heavy atom. The van der Waals surface area contributed by atoms with Gasteiger partial charge in [-0.25, -0.2) is 0 Å². The number of hydrogen-bond donors (Lipinski definition) is 1. The maximum atomic E-state index is 11.8. The third-order valence-electron chi connectivity index (χ3n) is 6.66. The molecule has 0 spiro atoms. The van der Waals surface area contributed by atoms with E-state index in [-0.39, 0.29) is 11.3 Å². The van der Waals surface area contributed by atoms with Gasteiger partial charge in [0.2, 0.25) is 17.4 Å². The van der Waals surface area contributed by atoms with E-state index in [0.29, 0.717) is 0 Å².